The molecule has 1 heterocycles. The van der Waals surface area contributed by atoms with Gasteiger partial charge in [-0.2, -0.15) is 0 Å². The fraction of sp³-hybridized carbons (Fsp3) is 0.0870. The highest BCUT2D eigenvalue weighted by atomic mass is 32.2. The summed E-state index contributed by atoms with van der Waals surface area (Å²) in [4.78, 5) is 19.5. The molecule has 0 bridgehead atoms. The topological polar surface area (TPSA) is 51.0 Å². The van der Waals surface area contributed by atoms with Crippen LogP contribution in [-0.2, 0) is 4.79 Å². The molecular formula is C23H20N4OS. The van der Waals surface area contributed by atoms with E-state index in [1.165, 1.54) is 11.8 Å². The first-order chi connectivity index (χ1) is 14.2. The van der Waals surface area contributed by atoms with Gasteiger partial charge in [-0.3, -0.25) is 9.69 Å². The van der Waals surface area contributed by atoms with Crippen LogP contribution in [0.2, 0.25) is 0 Å². The Morgan fingerprint density at radius 1 is 0.862 bits per heavy atom. The number of hydrogen-bond donors (Lipinski definition) is 0. The van der Waals surface area contributed by atoms with Gasteiger partial charge in [0.2, 0.25) is 11.1 Å². The monoisotopic (exact) mass is 400 g/mol. The van der Waals surface area contributed by atoms with Crippen molar-refractivity contribution in [3.05, 3.63) is 97.3 Å². The van der Waals surface area contributed by atoms with Crippen LogP contribution >= 0.6 is 11.8 Å². The molecule has 0 saturated heterocycles. The molecule has 1 aromatic heterocycles. The number of para-hydroxylation sites is 3. The molecule has 3 aromatic carbocycles. The molecule has 0 radical (unpaired) electrons. The summed E-state index contributed by atoms with van der Waals surface area (Å²) in [5.74, 6) is -0.0246. The Labute approximate surface area is 174 Å². The van der Waals surface area contributed by atoms with E-state index in [-0.39, 0.29) is 11.2 Å². The minimum Gasteiger partial charge on any atom is -0.280 e. The van der Waals surface area contributed by atoms with Crippen LogP contribution in [0.15, 0.2) is 102 Å². The first-order valence-electron chi connectivity index (χ1n) is 9.30. The third kappa shape index (κ3) is 4.38. The summed E-state index contributed by atoms with van der Waals surface area (Å²) >= 11 is 1.35. The van der Waals surface area contributed by atoms with Crippen molar-refractivity contribution in [1.29, 1.82) is 0 Å². The second-order valence-electron chi connectivity index (χ2n) is 6.41. The van der Waals surface area contributed by atoms with E-state index in [1.54, 1.807) is 15.9 Å². The fourth-order valence-electron chi connectivity index (χ4n) is 2.96. The maximum atomic E-state index is 13.4. The number of amides is 1. The lowest BCUT2D eigenvalue weighted by molar-refractivity contribution is -0.117. The number of carbonyl (C=O) groups excluding carboxylic acids is 1. The van der Waals surface area contributed by atoms with E-state index in [0.717, 1.165) is 17.1 Å². The summed E-state index contributed by atoms with van der Waals surface area (Å²) in [6.07, 6.45) is 1.67. The molecule has 5 nitrogen and oxygen atoms in total. The van der Waals surface area contributed by atoms with Crippen LogP contribution in [0.3, 0.4) is 0 Å². The van der Waals surface area contributed by atoms with Crippen molar-refractivity contribution in [2.24, 2.45) is 0 Å². The van der Waals surface area contributed by atoms with Crippen LogP contribution in [0.25, 0.3) is 5.69 Å². The van der Waals surface area contributed by atoms with E-state index >= 15 is 0 Å². The lowest BCUT2D eigenvalue weighted by Crippen LogP contribution is -2.32. The minimum atomic E-state index is -0.359. The first-order valence-corrected chi connectivity index (χ1v) is 10.2. The smallest absolute Gasteiger partial charge is 0.244 e. The zero-order valence-corrected chi connectivity index (χ0v) is 16.7. The average molecular weight is 401 g/mol. The van der Waals surface area contributed by atoms with Gasteiger partial charge in [-0.15, -0.1) is 5.10 Å². The second kappa shape index (κ2) is 8.75. The van der Waals surface area contributed by atoms with E-state index in [4.69, 9.17) is 0 Å². The highest BCUT2D eigenvalue weighted by Gasteiger charge is 2.25. The number of carbonyl (C=O) groups is 1. The molecule has 0 aliphatic heterocycles. The maximum Gasteiger partial charge on any atom is 0.244 e. The van der Waals surface area contributed by atoms with Gasteiger partial charge in [-0.05, 0) is 43.3 Å². The van der Waals surface area contributed by atoms with Gasteiger partial charge in [-0.25, -0.2) is 9.67 Å². The Morgan fingerprint density at radius 2 is 1.38 bits per heavy atom. The van der Waals surface area contributed by atoms with Crippen molar-refractivity contribution >= 4 is 29.0 Å². The van der Waals surface area contributed by atoms with Crippen LogP contribution in [-0.4, -0.2) is 25.9 Å². The molecule has 29 heavy (non-hydrogen) atoms. The van der Waals surface area contributed by atoms with Crippen molar-refractivity contribution in [2.45, 2.75) is 17.3 Å². The standard InChI is InChI=1S/C23H20N4OS/c1-18(29-23-24-17-26(25-23)19-11-5-2-6-12-19)22(28)27(20-13-7-3-8-14-20)21-15-9-4-10-16-21/h2-18H,1H3/t18-/m0/s1. The molecule has 0 aliphatic rings. The molecule has 0 unspecified atom stereocenters. The molecule has 1 amide bonds. The van der Waals surface area contributed by atoms with Crippen LogP contribution in [0.1, 0.15) is 6.92 Å². The van der Waals surface area contributed by atoms with E-state index in [1.807, 2.05) is 97.9 Å². The lowest BCUT2D eigenvalue weighted by Gasteiger charge is -2.25. The highest BCUT2D eigenvalue weighted by molar-refractivity contribution is 8.00. The van der Waals surface area contributed by atoms with E-state index in [2.05, 4.69) is 10.1 Å². The Hall–Kier alpha value is -3.38. The summed E-state index contributed by atoms with van der Waals surface area (Å²) in [5, 5.41) is 4.71. The number of aromatic nitrogens is 3. The van der Waals surface area contributed by atoms with E-state index in [0.29, 0.717) is 5.16 Å². The second-order valence-corrected chi connectivity index (χ2v) is 7.72. The molecule has 144 valence electrons. The zero-order valence-electron chi connectivity index (χ0n) is 15.9. The van der Waals surface area contributed by atoms with Crippen LogP contribution in [0, 0.1) is 0 Å². The normalized spacial score (nSPS) is 11.8. The molecule has 0 saturated carbocycles. The largest absolute Gasteiger partial charge is 0.280 e. The Kier molecular flexibility index (Phi) is 5.72. The summed E-state index contributed by atoms with van der Waals surface area (Å²) in [6.45, 7) is 1.88. The first kappa shape index (κ1) is 19.0. The maximum absolute atomic E-state index is 13.4. The van der Waals surface area contributed by atoms with Crippen molar-refractivity contribution < 1.29 is 4.79 Å². The van der Waals surface area contributed by atoms with E-state index in [9.17, 15) is 4.79 Å². The average Bonchev–Trinajstić information content (AvgIpc) is 3.24. The van der Waals surface area contributed by atoms with Gasteiger partial charge in [-0.1, -0.05) is 66.4 Å². The molecule has 1 atom stereocenters. The van der Waals surface area contributed by atoms with Gasteiger partial charge in [0.25, 0.3) is 0 Å². The highest BCUT2D eigenvalue weighted by Crippen LogP contribution is 2.30. The van der Waals surface area contributed by atoms with Gasteiger partial charge in [0, 0.05) is 11.4 Å². The van der Waals surface area contributed by atoms with Gasteiger partial charge in [0.1, 0.15) is 6.33 Å². The molecule has 6 heteroatoms. The zero-order chi connectivity index (χ0) is 20.1. The molecule has 0 N–H and O–H groups in total. The molecule has 4 rings (SSSR count). The van der Waals surface area contributed by atoms with Crippen LogP contribution in [0.4, 0.5) is 11.4 Å². The summed E-state index contributed by atoms with van der Waals surface area (Å²) in [5.41, 5.74) is 2.60. The Balaban J connectivity index is 1.56. The van der Waals surface area contributed by atoms with Crippen LogP contribution in [0.5, 0.6) is 0 Å². The summed E-state index contributed by atoms with van der Waals surface area (Å²) < 4.78 is 1.71. The van der Waals surface area contributed by atoms with Gasteiger partial charge < -0.3 is 0 Å². The van der Waals surface area contributed by atoms with E-state index < -0.39 is 0 Å². The molecular weight excluding hydrogens is 380 g/mol. The number of thioether (sulfide) groups is 1. The number of benzene rings is 3. The minimum absolute atomic E-state index is 0.0246. The van der Waals surface area contributed by atoms with Gasteiger partial charge in [0.05, 0.1) is 10.9 Å². The fourth-order valence-corrected chi connectivity index (χ4v) is 3.72. The molecule has 0 fully saturated rings. The summed E-state index contributed by atoms with van der Waals surface area (Å²) in [7, 11) is 0. The van der Waals surface area contributed by atoms with Gasteiger partial charge >= 0.3 is 0 Å². The molecule has 0 spiro atoms. The van der Waals surface area contributed by atoms with Crippen molar-refractivity contribution in [3.63, 3.8) is 0 Å². The van der Waals surface area contributed by atoms with Crippen LogP contribution < -0.4 is 4.90 Å². The quantitative estimate of drug-likeness (QED) is 0.422. The SMILES string of the molecule is C[C@H](Sc1ncn(-c2ccccc2)n1)C(=O)N(c1ccccc1)c1ccccc1. The summed E-state index contributed by atoms with van der Waals surface area (Å²) in [6, 6.07) is 29.1. The number of hydrogen-bond acceptors (Lipinski definition) is 4. The lowest BCUT2D eigenvalue weighted by atomic mass is 10.2. The van der Waals surface area contributed by atoms with Gasteiger partial charge in [0.15, 0.2) is 0 Å². The third-order valence-corrected chi connectivity index (χ3v) is 5.32. The van der Waals surface area contributed by atoms with Crippen molar-refractivity contribution in [3.8, 4) is 5.69 Å². The predicted molar refractivity (Wildman–Crippen MR) is 117 cm³/mol. The molecule has 4 aromatic rings. The number of rotatable bonds is 6. The predicted octanol–water partition coefficient (Wildman–Crippen LogP) is 5.11. The number of anilines is 2. The van der Waals surface area contributed by atoms with Crippen molar-refractivity contribution in [1.82, 2.24) is 14.8 Å². The number of nitrogens with zero attached hydrogens (tertiary/aromatic N) is 4. The van der Waals surface area contributed by atoms with Crippen molar-refractivity contribution in [2.75, 3.05) is 4.90 Å². The molecule has 0 aliphatic carbocycles. The Morgan fingerprint density at radius 3 is 1.93 bits per heavy atom. The third-order valence-electron chi connectivity index (χ3n) is 4.37. The Bertz CT molecular complexity index is 1030.